The van der Waals surface area contributed by atoms with Gasteiger partial charge in [0, 0.05) is 29.4 Å². The van der Waals surface area contributed by atoms with E-state index in [2.05, 4.69) is 10.1 Å². The van der Waals surface area contributed by atoms with Gasteiger partial charge in [-0.25, -0.2) is 9.37 Å². The molecule has 3 rings (SSSR count). The maximum absolute atomic E-state index is 13.9. The number of hydrogen-bond acceptors (Lipinski definition) is 4. The SMILES string of the molecule is CCn1cc2nc(SCc3c(F)cccc3Cl)n(CC)c(=O)c2n1. The second-order valence-corrected chi connectivity index (χ2v) is 6.50. The van der Waals surface area contributed by atoms with Crippen LogP contribution < -0.4 is 5.56 Å². The first-order chi connectivity index (χ1) is 11.5. The van der Waals surface area contributed by atoms with Gasteiger partial charge in [0.2, 0.25) is 0 Å². The van der Waals surface area contributed by atoms with Crippen molar-refractivity contribution in [2.24, 2.45) is 0 Å². The minimum absolute atomic E-state index is 0.183. The Morgan fingerprint density at radius 1 is 1.29 bits per heavy atom. The van der Waals surface area contributed by atoms with Gasteiger partial charge in [-0.2, -0.15) is 5.10 Å². The fraction of sp³-hybridized carbons (Fsp3) is 0.312. The van der Waals surface area contributed by atoms with E-state index in [1.54, 1.807) is 27.6 Å². The Balaban J connectivity index is 2.01. The van der Waals surface area contributed by atoms with Crippen LogP contribution in [0.5, 0.6) is 0 Å². The molecule has 0 unspecified atom stereocenters. The number of halogens is 2. The summed E-state index contributed by atoms with van der Waals surface area (Å²) in [4.78, 5) is 17.1. The van der Waals surface area contributed by atoms with Crippen LogP contribution in [0.25, 0.3) is 11.0 Å². The van der Waals surface area contributed by atoms with Gasteiger partial charge in [0.15, 0.2) is 10.7 Å². The van der Waals surface area contributed by atoms with Crippen LogP contribution in [0.4, 0.5) is 4.39 Å². The maximum atomic E-state index is 13.9. The largest absolute Gasteiger partial charge is 0.286 e. The average Bonchev–Trinajstić information content (AvgIpc) is 2.98. The molecule has 0 aliphatic heterocycles. The summed E-state index contributed by atoms with van der Waals surface area (Å²) in [7, 11) is 0. The van der Waals surface area contributed by atoms with Crippen molar-refractivity contribution in [2.45, 2.75) is 37.8 Å². The lowest BCUT2D eigenvalue weighted by Gasteiger charge is -2.10. The van der Waals surface area contributed by atoms with Crippen molar-refractivity contribution in [1.82, 2.24) is 19.3 Å². The molecule has 0 amide bonds. The first-order valence-corrected chi connectivity index (χ1v) is 8.95. The zero-order valence-corrected chi connectivity index (χ0v) is 14.9. The molecule has 2 heterocycles. The highest BCUT2D eigenvalue weighted by Gasteiger charge is 2.15. The van der Waals surface area contributed by atoms with E-state index in [4.69, 9.17) is 11.6 Å². The molecule has 0 aliphatic carbocycles. The van der Waals surface area contributed by atoms with E-state index in [-0.39, 0.29) is 11.4 Å². The number of hydrogen-bond donors (Lipinski definition) is 0. The van der Waals surface area contributed by atoms with Crippen LogP contribution in [0.2, 0.25) is 5.02 Å². The van der Waals surface area contributed by atoms with Crippen molar-refractivity contribution in [3.8, 4) is 0 Å². The van der Waals surface area contributed by atoms with E-state index in [1.807, 2.05) is 13.8 Å². The van der Waals surface area contributed by atoms with Crippen molar-refractivity contribution in [1.29, 1.82) is 0 Å². The lowest BCUT2D eigenvalue weighted by Crippen LogP contribution is -2.22. The van der Waals surface area contributed by atoms with Gasteiger partial charge >= 0.3 is 0 Å². The van der Waals surface area contributed by atoms with Gasteiger partial charge in [0.05, 0.1) is 6.20 Å². The summed E-state index contributed by atoms with van der Waals surface area (Å²) in [6, 6.07) is 4.59. The molecule has 2 aromatic heterocycles. The molecule has 0 N–H and O–H groups in total. The van der Waals surface area contributed by atoms with E-state index in [0.717, 1.165) is 0 Å². The van der Waals surface area contributed by atoms with Crippen LogP contribution in [0.15, 0.2) is 34.3 Å². The van der Waals surface area contributed by atoms with Crippen LogP contribution >= 0.6 is 23.4 Å². The van der Waals surface area contributed by atoms with Gasteiger partial charge in [-0.05, 0) is 26.0 Å². The van der Waals surface area contributed by atoms with Crippen LogP contribution in [0, 0.1) is 5.82 Å². The summed E-state index contributed by atoms with van der Waals surface area (Å²) in [6.45, 7) is 4.94. The molecule has 0 saturated heterocycles. The van der Waals surface area contributed by atoms with Gasteiger partial charge in [-0.3, -0.25) is 14.0 Å². The first-order valence-electron chi connectivity index (χ1n) is 7.58. The normalized spacial score (nSPS) is 11.3. The number of benzene rings is 1. The quantitative estimate of drug-likeness (QED) is 0.510. The minimum Gasteiger partial charge on any atom is -0.286 e. The molecule has 0 saturated carbocycles. The molecule has 0 aliphatic rings. The number of thioether (sulfide) groups is 1. The molecule has 5 nitrogen and oxygen atoms in total. The zero-order valence-electron chi connectivity index (χ0n) is 13.3. The number of fused-ring (bicyclic) bond motifs is 1. The lowest BCUT2D eigenvalue weighted by molar-refractivity contribution is 0.615. The van der Waals surface area contributed by atoms with Crippen molar-refractivity contribution >= 4 is 34.4 Å². The van der Waals surface area contributed by atoms with E-state index in [0.29, 0.717) is 45.6 Å². The third-order valence-electron chi connectivity index (χ3n) is 3.68. The Labute approximate surface area is 147 Å². The van der Waals surface area contributed by atoms with Crippen LogP contribution in [-0.2, 0) is 18.8 Å². The summed E-state index contributed by atoms with van der Waals surface area (Å²) < 4.78 is 17.1. The van der Waals surface area contributed by atoms with Crippen molar-refractivity contribution in [3.05, 3.63) is 51.2 Å². The highest BCUT2D eigenvalue weighted by atomic mass is 35.5. The standard InChI is InChI=1S/C16H16ClFN4OS/c1-3-21-8-13-14(20-21)15(23)22(4-2)16(19-13)24-9-10-11(17)6-5-7-12(10)18/h5-8H,3-4,9H2,1-2H3. The third kappa shape index (κ3) is 3.06. The van der Waals surface area contributed by atoms with Gasteiger partial charge in [0.1, 0.15) is 11.3 Å². The number of aromatic nitrogens is 4. The van der Waals surface area contributed by atoms with Crippen molar-refractivity contribution in [2.75, 3.05) is 0 Å². The molecule has 0 atom stereocenters. The molecule has 0 fully saturated rings. The molecule has 0 radical (unpaired) electrons. The van der Waals surface area contributed by atoms with E-state index in [1.165, 1.54) is 17.8 Å². The van der Waals surface area contributed by atoms with Gasteiger partial charge in [-0.15, -0.1) is 0 Å². The Morgan fingerprint density at radius 3 is 2.75 bits per heavy atom. The molecule has 8 heteroatoms. The van der Waals surface area contributed by atoms with Crippen molar-refractivity contribution < 1.29 is 4.39 Å². The van der Waals surface area contributed by atoms with Gasteiger partial charge in [0.25, 0.3) is 5.56 Å². The monoisotopic (exact) mass is 366 g/mol. The van der Waals surface area contributed by atoms with E-state index in [9.17, 15) is 9.18 Å². The maximum Gasteiger partial charge on any atom is 0.282 e. The first kappa shape index (κ1) is 17.0. The minimum atomic E-state index is -0.361. The Bertz CT molecular complexity index is 933. The second kappa shape index (κ2) is 6.94. The fourth-order valence-corrected chi connectivity index (χ4v) is 3.79. The number of aryl methyl sites for hydroxylation is 1. The third-order valence-corrected chi connectivity index (χ3v) is 5.04. The smallest absolute Gasteiger partial charge is 0.282 e. The number of rotatable bonds is 5. The highest BCUT2D eigenvalue weighted by Crippen LogP contribution is 2.27. The van der Waals surface area contributed by atoms with Crippen LogP contribution in [-0.4, -0.2) is 19.3 Å². The summed E-state index contributed by atoms with van der Waals surface area (Å²) >= 11 is 7.35. The molecule has 3 aromatic rings. The highest BCUT2D eigenvalue weighted by molar-refractivity contribution is 7.98. The zero-order chi connectivity index (χ0) is 17.3. The summed E-state index contributed by atoms with van der Waals surface area (Å²) in [5.41, 5.74) is 1.13. The molecule has 0 spiro atoms. The average molecular weight is 367 g/mol. The molecule has 24 heavy (non-hydrogen) atoms. The predicted octanol–water partition coefficient (Wildman–Crippen LogP) is 3.72. The van der Waals surface area contributed by atoms with Gasteiger partial charge < -0.3 is 0 Å². The summed E-state index contributed by atoms with van der Waals surface area (Å²) in [5, 5.41) is 5.16. The predicted molar refractivity (Wildman–Crippen MR) is 94.1 cm³/mol. The van der Waals surface area contributed by atoms with E-state index >= 15 is 0 Å². The summed E-state index contributed by atoms with van der Waals surface area (Å²) in [6.07, 6.45) is 1.75. The Morgan fingerprint density at radius 2 is 2.08 bits per heavy atom. The molecule has 1 aromatic carbocycles. The molecule has 0 bridgehead atoms. The van der Waals surface area contributed by atoms with Gasteiger partial charge in [-0.1, -0.05) is 29.4 Å². The molecular weight excluding hydrogens is 351 g/mol. The molecular formula is C16H16ClFN4OS. The summed E-state index contributed by atoms with van der Waals surface area (Å²) in [5.74, 6) is -0.0639. The number of nitrogens with zero attached hydrogens (tertiary/aromatic N) is 4. The van der Waals surface area contributed by atoms with Crippen LogP contribution in [0.1, 0.15) is 19.4 Å². The van der Waals surface area contributed by atoms with Crippen LogP contribution in [0.3, 0.4) is 0 Å². The lowest BCUT2D eigenvalue weighted by atomic mass is 10.2. The van der Waals surface area contributed by atoms with Crippen molar-refractivity contribution in [3.63, 3.8) is 0 Å². The Kier molecular flexibility index (Phi) is 4.91. The fourth-order valence-electron chi connectivity index (χ4n) is 2.38. The topological polar surface area (TPSA) is 52.7 Å². The molecule has 126 valence electrons. The Hall–Kier alpha value is -1.86. The second-order valence-electron chi connectivity index (χ2n) is 5.15. The van der Waals surface area contributed by atoms with E-state index < -0.39 is 0 Å².